The number of para-hydroxylation sites is 1. The van der Waals surface area contributed by atoms with Gasteiger partial charge in [0.2, 0.25) is 0 Å². The van der Waals surface area contributed by atoms with Crippen molar-refractivity contribution >= 4 is 28.1 Å². The Morgan fingerprint density at radius 2 is 2.12 bits per heavy atom. The second kappa shape index (κ2) is 8.44. The lowest BCUT2D eigenvalue weighted by Gasteiger charge is -2.07. The zero-order valence-electron chi connectivity index (χ0n) is 14.1. The summed E-state index contributed by atoms with van der Waals surface area (Å²) in [5.41, 5.74) is 5.13. The number of amides is 1. The van der Waals surface area contributed by atoms with Crippen molar-refractivity contribution in [3.05, 3.63) is 70.3 Å². The molecule has 0 aliphatic heterocycles. The van der Waals surface area contributed by atoms with Crippen molar-refractivity contribution in [2.45, 2.75) is 6.92 Å². The molecule has 0 unspecified atom stereocenters. The minimum atomic E-state index is -0.371. The summed E-state index contributed by atoms with van der Waals surface area (Å²) in [5, 5.41) is 10.9. The van der Waals surface area contributed by atoms with Gasteiger partial charge in [-0.25, -0.2) is 5.43 Å². The third-order valence-electron chi connectivity index (χ3n) is 3.51. The van der Waals surface area contributed by atoms with E-state index in [0.29, 0.717) is 18.0 Å². The number of nitrogens with zero attached hydrogens (tertiary/aromatic N) is 2. The normalized spacial score (nSPS) is 10.8. The summed E-state index contributed by atoms with van der Waals surface area (Å²) in [6, 6.07) is 16.8. The Morgan fingerprint density at radius 1 is 1.27 bits per heavy atom. The number of ether oxygens (including phenoxy) is 1. The van der Waals surface area contributed by atoms with E-state index in [1.165, 1.54) is 0 Å². The highest BCUT2D eigenvalue weighted by molar-refractivity contribution is 9.10. The highest BCUT2D eigenvalue weighted by Crippen LogP contribution is 2.28. The van der Waals surface area contributed by atoms with E-state index in [0.717, 1.165) is 21.3 Å². The number of carbonyl (C=O) groups excluding carboxylic acids is 1. The van der Waals surface area contributed by atoms with Crippen LogP contribution in [0.3, 0.4) is 0 Å². The first kappa shape index (κ1) is 17.9. The van der Waals surface area contributed by atoms with Gasteiger partial charge >= 0.3 is 0 Å². The fraction of sp³-hybridized carbons (Fsp3) is 0.105. The lowest BCUT2D eigenvalue weighted by atomic mass is 10.1. The predicted molar refractivity (Wildman–Crippen MR) is 104 cm³/mol. The van der Waals surface area contributed by atoms with Crippen LogP contribution in [0.2, 0.25) is 0 Å². The van der Waals surface area contributed by atoms with Crippen molar-refractivity contribution in [1.82, 2.24) is 15.6 Å². The van der Waals surface area contributed by atoms with Crippen LogP contribution in [0.5, 0.6) is 5.75 Å². The summed E-state index contributed by atoms with van der Waals surface area (Å²) in [6.45, 7) is 2.47. The van der Waals surface area contributed by atoms with Crippen LogP contribution in [0.4, 0.5) is 0 Å². The molecule has 0 atom stereocenters. The summed E-state index contributed by atoms with van der Waals surface area (Å²) >= 11 is 3.39. The number of benzene rings is 2. The highest BCUT2D eigenvalue weighted by Gasteiger charge is 2.13. The van der Waals surface area contributed by atoms with Crippen LogP contribution >= 0.6 is 15.9 Å². The molecule has 26 heavy (non-hydrogen) atoms. The number of hydrogen-bond acceptors (Lipinski definition) is 4. The van der Waals surface area contributed by atoms with Crippen LogP contribution < -0.4 is 10.2 Å². The van der Waals surface area contributed by atoms with Crippen molar-refractivity contribution in [2.24, 2.45) is 5.10 Å². The number of hydrazone groups is 1. The molecule has 1 aromatic heterocycles. The molecule has 0 spiro atoms. The second-order valence-corrected chi connectivity index (χ2v) is 6.27. The van der Waals surface area contributed by atoms with Crippen LogP contribution in [0, 0.1) is 0 Å². The molecule has 2 aromatic carbocycles. The van der Waals surface area contributed by atoms with Crippen LogP contribution in [0.25, 0.3) is 11.3 Å². The second-order valence-electron chi connectivity index (χ2n) is 5.35. The SMILES string of the molecule is CCOc1ccccc1-c1cc(C(=O)NN=Cc2cccc(Br)c2)[nH]n1. The van der Waals surface area contributed by atoms with Crippen molar-refractivity contribution in [1.29, 1.82) is 0 Å². The summed E-state index contributed by atoms with van der Waals surface area (Å²) in [7, 11) is 0. The van der Waals surface area contributed by atoms with Gasteiger partial charge in [0.15, 0.2) is 0 Å². The number of aromatic nitrogens is 2. The van der Waals surface area contributed by atoms with Gasteiger partial charge in [-0.2, -0.15) is 10.2 Å². The van der Waals surface area contributed by atoms with Gasteiger partial charge in [0.1, 0.15) is 11.4 Å². The average molecular weight is 413 g/mol. The molecular formula is C19H17BrN4O2. The molecule has 132 valence electrons. The Morgan fingerprint density at radius 3 is 2.92 bits per heavy atom. The third-order valence-corrected chi connectivity index (χ3v) is 4.01. The molecule has 6 nitrogen and oxygen atoms in total. The summed E-state index contributed by atoms with van der Waals surface area (Å²) in [6.07, 6.45) is 1.57. The lowest BCUT2D eigenvalue weighted by Crippen LogP contribution is -2.17. The number of rotatable bonds is 6. The Kier molecular flexibility index (Phi) is 5.80. The van der Waals surface area contributed by atoms with Gasteiger partial charge in [0.05, 0.1) is 18.5 Å². The van der Waals surface area contributed by atoms with Gasteiger partial charge in [-0.1, -0.05) is 40.2 Å². The van der Waals surface area contributed by atoms with Crippen molar-refractivity contribution in [3.8, 4) is 17.0 Å². The van der Waals surface area contributed by atoms with E-state index in [1.54, 1.807) is 12.3 Å². The minimum Gasteiger partial charge on any atom is -0.493 e. The van der Waals surface area contributed by atoms with Gasteiger partial charge in [-0.05, 0) is 42.8 Å². The number of halogens is 1. The molecule has 2 N–H and O–H groups in total. The lowest BCUT2D eigenvalue weighted by molar-refractivity contribution is 0.0950. The topological polar surface area (TPSA) is 79.4 Å². The zero-order valence-corrected chi connectivity index (χ0v) is 15.7. The molecule has 3 aromatic rings. The van der Waals surface area contributed by atoms with E-state index in [4.69, 9.17) is 4.74 Å². The van der Waals surface area contributed by atoms with Crippen LogP contribution in [0.15, 0.2) is 64.2 Å². The Balaban J connectivity index is 1.70. The zero-order chi connectivity index (χ0) is 18.4. The van der Waals surface area contributed by atoms with E-state index in [9.17, 15) is 4.79 Å². The molecular weight excluding hydrogens is 396 g/mol. The van der Waals surface area contributed by atoms with Crippen LogP contribution in [-0.2, 0) is 0 Å². The fourth-order valence-corrected chi connectivity index (χ4v) is 2.77. The fourth-order valence-electron chi connectivity index (χ4n) is 2.35. The Hall–Kier alpha value is -2.93. The minimum absolute atomic E-state index is 0.317. The first-order valence-corrected chi connectivity index (χ1v) is 8.83. The van der Waals surface area contributed by atoms with Gasteiger partial charge in [-0.3, -0.25) is 9.89 Å². The monoisotopic (exact) mass is 412 g/mol. The van der Waals surface area contributed by atoms with E-state index in [1.807, 2.05) is 55.5 Å². The average Bonchev–Trinajstić information content (AvgIpc) is 3.12. The summed E-state index contributed by atoms with van der Waals surface area (Å²) < 4.78 is 6.55. The molecule has 1 heterocycles. The number of hydrogen-bond donors (Lipinski definition) is 2. The van der Waals surface area contributed by atoms with Crippen molar-refractivity contribution < 1.29 is 9.53 Å². The maximum absolute atomic E-state index is 12.2. The third kappa shape index (κ3) is 4.37. The number of nitrogens with one attached hydrogen (secondary N) is 2. The molecule has 1 amide bonds. The van der Waals surface area contributed by atoms with Gasteiger partial charge < -0.3 is 4.74 Å². The van der Waals surface area contributed by atoms with Crippen molar-refractivity contribution in [2.75, 3.05) is 6.61 Å². The van der Waals surface area contributed by atoms with Crippen LogP contribution in [0.1, 0.15) is 23.0 Å². The quantitative estimate of drug-likeness (QED) is 0.474. The van der Waals surface area contributed by atoms with Gasteiger partial charge in [0, 0.05) is 10.0 Å². The first-order chi connectivity index (χ1) is 12.7. The maximum atomic E-state index is 12.2. The standard InChI is InChI=1S/C19H17BrN4O2/c1-2-26-18-9-4-3-8-15(18)16-11-17(23-22-16)19(25)24-21-12-13-6-5-7-14(20)10-13/h3-12H,2H2,1H3,(H,22,23)(H,24,25). The van der Waals surface area contributed by atoms with E-state index in [-0.39, 0.29) is 5.91 Å². The first-order valence-electron chi connectivity index (χ1n) is 8.04. The number of carbonyl (C=O) groups is 1. The maximum Gasteiger partial charge on any atom is 0.289 e. The molecule has 0 saturated carbocycles. The molecule has 0 bridgehead atoms. The molecule has 3 rings (SSSR count). The highest BCUT2D eigenvalue weighted by atomic mass is 79.9. The molecule has 0 aliphatic rings. The largest absolute Gasteiger partial charge is 0.493 e. The summed E-state index contributed by atoms with van der Waals surface area (Å²) in [4.78, 5) is 12.2. The van der Waals surface area contributed by atoms with Crippen LogP contribution in [-0.4, -0.2) is 28.9 Å². The van der Waals surface area contributed by atoms with E-state index in [2.05, 4.69) is 36.7 Å². The van der Waals surface area contributed by atoms with Crippen molar-refractivity contribution in [3.63, 3.8) is 0 Å². The molecule has 0 aliphatic carbocycles. The molecule has 0 radical (unpaired) electrons. The Labute approximate surface area is 159 Å². The van der Waals surface area contributed by atoms with Gasteiger partial charge in [0.25, 0.3) is 5.91 Å². The van der Waals surface area contributed by atoms with E-state index >= 15 is 0 Å². The predicted octanol–water partition coefficient (Wildman–Crippen LogP) is 4.00. The molecule has 0 saturated heterocycles. The van der Waals surface area contributed by atoms with Gasteiger partial charge in [-0.15, -0.1) is 0 Å². The summed E-state index contributed by atoms with van der Waals surface area (Å²) in [5.74, 6) is 0.352. The Bertz CT molecular complexity index is 937. The van der Waals surface area contributed by atoms with E-state index < -0.39 is 0 Å². The number of aromatic amines is 1. The molecule has 7 heteroatoms. The number of H-pyrrole nitrogens is 1. The molecule has 0 fully saturated rings. The smallest absolute Gasteiger partial charge is 0.289 e.